The summed E-state index contributed by atoms with van der Waals surface area (Å²) in [6.45, 7) is 6.17. The molecular formula is C18H21N5O2S. The van der Waals surface area contributed by atoms with Gasteiger partial charge >= 0.3 is 0 Å². The molecule has 26 heavy (non-hydrogen) atoms. The molecule has 0 aromatic carbocycles. The van der Waals surface area contributed by atoms with Gasteiger partial charge < -0.3 is 9.73 Å². The first-order chi connectivity index (χ1) is 12.6. The molecule has 1 saturated carbocycles. The molecule has 8 heteroatoms. The van der Waals surface area contributed by atoms with E-state index in [2.05, 4.69) is 28.2 Å². The van der Waals surface area contributed by atoms with Crippen LogP contribution in [0, 0.1) is 18.3 Å². The van der Waals surface area contributed by atoms with Gasteiger partial charge in [0.2, 0.25) is 5.91 Å². The number of hydrogen-bond acceptors (Lipinski definition) is 6. The molecule has 3 rings (SSSR count). The highest BCUT2D eigenvalue weighted by Crippen LogP contribution is 2.30. The predicted octanol–water partition coefficient (Wildman–Crippen LogP) is 3.08. The lowest BCUT2D eigenvalue weighted by molar-refractivity contribution is -0.119. The number of aryl methyl sites for hydroxylation is 1. The van der Waals surface area contributed by atoms with Crippen LogP contribution in [0.5, 0.6) is 0 Å². The Morgan fingerprint density at radius 3 is 2.92 bits per heavy atom. The molecule has 2 aromatic heterocycles. The summed E-state index contributed by atoms with van der Waals surface area (Å²) in [6, 6.07) is 4.11. The van der Waals surface area contributed by atoms with Crippen molar-refractivity contribution in [2.45, 2.75) is 49.8 Å². The standard InChI is InChI=1S/C18H21N5O2S/c1-3-9-23-16(14-6-10-25-13(14)2)21-22-17(23)26-11-15(24)20-18(12-19)7-4-5-8-18/h3,6,10H,1,4-5,7-9,11H2,2H3,(H,20,24). The fourth-order valence-electron chi connectivity index (χ4n) is 3.18. The average Bonchev–Trinajstić information content (AvgIpc) is 3.34. The average molecular weight is 371 g/mol. The van der Waals surface area contributed by atoms with Crippen molar-refractivity contribution in [1.29, 1.82) is 5.26 Å². The number of nitrogens with zero attached hydrogens (tertiary/aromatic N) is 4. The molecule has 7 nitrogen and oxygen atoms in total. The number of carbonyl (C=O) groups excluding carboxylic acids is 1. The zero-order chi connectivity index (χ0) is 18.6. The van der Waals surface area contributed by atoms with Gasteiger partial charge in [-0.1, -0.05) is 17.8 Å². The lowest BCUT2D eigenvalue weighted by Crippen LogP contribution is -2.45. The Kier molecular flexibility index (Phi) is 5.47. The van der Waals surface area contributed by atoms with E-state index in [0.29, 0.717) is 17.5 Å². The van der Waals surface area contributed by atoms with Gasteiger partial charge in [0.25, 0.3) is 0 Å². The SMILES string of the molecule is C=CCn1c(SCC(=O)NC2(C#N)CCCC2)nnc1-c1ccoc1C. The van der Waals surface area contributed by atoms with Crippen molar-refractivity contribution < 1.29 is 9.21 Å². The number of nitrogens with one attached hydrogen (secondary N) is 1. The van der Waals surface area contributed by atoms with Crippen LogP contribution in [-0.2, 0) is 11.3 Å². The van der Waals surface area contributed by atoms with Crippen molar-refractivity contribution in [3.05, 3.63) is 30.7 Å². The second-order valence-electron chi connectivity index (χ2n) is 6.33. The van der Waals surface area contributed by atoms with Crippen molar-refractivity contribution in [2.75, 3.05) is 5.75 Å². The minimum Gasteiger partial charge on any atom is -0.469 e. The largest absolute Gasteiger partial charge is 0.469 e. The van der Waals surface area contributed by atoms with E-state index in [1.165, 1.54) is 11.8 Å². The summed E-state index contributed by atoms with van der Waals surface area (Å²) >= 11 is 1.30. The molecule has 0 aliphatic heterocycles. The Morgan fingerprint density at radius 1 is 1.54 bits per heavy atom. The van der Waals surface area contributed by atoms with Crippen LogP contribution in [0.15, 0.2) is 34.6 Å². The minimum absolute atomic E-state index is 0.160. The Balaban J connectivity index is 1.71. The van der Waals surface area contributed by atoms with E-state index < -0.39 is 5.54 Å². The van der Waals surface area contributed by atoms with Gasteiger partial charge in [0, 0.05) is 6.54 Å². The normalized spacial score (nSPS) is 15.5. The maximum atomic E-state index is 12.3. The second kappa shape index (κ2) is 7.79. The van der Waals surface area contributed by atoms with E-state index in [1.54, 1.807) is 12.3 Å². The highest BCUT2D eigenvalue weighted by atomic mass is 32.2. The summed E-state index contributed by atoms with van der Waals surface area (Å²) in [5, 5.41) is 21.4. The first-order valence-electron chi connectivity index (χ1n) is 8.52. The number of aromatic nitrogens is 3. The third-order valence-electron chi connectivity index (χ3n) is 4.51. The van der Waals surface area contributed by atoms with Crippen LogP contribution >= 0.6 is 11.8 Å². The highest BCUT2D eigenvalue weighted by molar-refractivity contribution is 7.99. The summed E-state index contributed by atoms with van der Waals surface area (Å²) in [4.78, 5) is 12.3. The molecule has 136 valence electrons. The van der Waals surface area contributed by atoms with Crippen LogP contribution in [0.25, 0.3) is 11.4 Å². The molecule has 0 atom stereocenters. The van der Waals surface area contributed by atoms with Crippen LogP contribution in [0.1, 0.15) is 31.4 Å². The number of furan rings is 1. The van der Waals surface area contributed by atoms with Crippen LogP contribution in [0.3, 0.4) is 0 Å². The van der Waals surface area contributed by atoms with Gasteiger partial charge in [0.15, 0.2) is 11.0 Å². The third kappa shape index (κ3) is 3.68. The number of thioether (sulfide) groups is 1. The van der Waals surface area contributed by atoms with Crippen LogP contribution < -0.4 is 5.32 Å². The van der Waals surface area contributed by atoms with Crippen molar-refractivity contribution in [2.24, 2.45) is 0 Å². The topological polar surface area (TPSA) is 96.7 Å². The maximum absolute atomic E-state index is 12.3. The Morgan fingerprint density at radius 2 is 2.31 bits per heavy atom. The number of amides is 1. The quantitative estimate of drug-likeness (QED) is 0.593. The van der Waals surface area contributed by atoms with Crippen LogP contribution in [0.2, 0.25) is 0 Å². The molecule has 2 heterocycles. The van der Waals surface area contributed by atoms with Gasteiger partial charge in [-0.2, -0.15) is 5.26 Å². The number of allylic oxidation sites excluding steroid dienone is 1. The molecule has 1 fully saturated rings. The lowest BCUT2D eigenvalue weighted by atomic mass is 10.0. The zero-order valence-corrected chi connectivity index (χ0v) is 15.5. The molecule has 0 unspecified atom stereocenters. The van der Waals surface area contributed by atoms with Crippen LogP contribution in [-0.4, -0.2) is 32.0 Å². The summed E-state index contributed by atoms with van der Waals surface area (Å²) in [5.74, 6) is 1.47. The van der Waals surface area contributed by atoms with E-state index in [9.17, 15) is 10.1 Å². The number of carbonyl (C=O) groups is 1. The van der Waals surface area contributed by atoms with E-state index in [1.807, 2.05) is 17.6 Å². The van der Waals surface area contributed by atoms with E-state index in [0.717, 1.165) is 37.0 Å². The van der Waals surface area contributed by atoms with Crippen LogP contribution in [0.4, 0.5) is 0 Å². The fraction of sp³-hybridized carbons (Fsp3) is 0.444. The molecule has 1 N–H and O–H groups in total. The van der Waals surface area contributed by atoms with Crippen molar-refractivity contribution in [3.63, 3.8) is 0 Å². The summed E-state index contributed by atoms with van der Waals surface area (Å²) in [5.41, 5.74) is 0.163. The number of hydrogen-bond donors (Lipinski definition) is 1. The Labute approximate surface area is 156 Å². The highest BCUT2D eigenvalue weighted by Gasteiger charge is 2.35. The molecule has 1 amide bonds. The summed E-state index contributed by atoms with van der Waals surface area (Å²) in [7, 11) is 0. The summed E-state index contributed by atoms with van der Waals surface area (Å²) in [6.07, 6.45) is 6.76. The van der Waals surface area contributed by atoms with Crippen molar-refractivity contribution in [3.8, 4) is 17.5 Å². The summed E-state index contributed by atoms with van der Waals surface area (Å²) < 4.78 is 7.25. The van der Waals surface area contributed by atoms with E-state index in [4.69, 9.17) is 4.42 Å². The molecule has 2 aromatic rings. The zero-order valence-electron chi connectivity index (χ0n) is 14.7. The van der Waals surface area contributed by atoms with Gasteiger partial charge in [-0.05, 0) is 38.7 Å². The smallest absolute Gasteiger partial charge is 0.231 e. The lowest BCUT2D eigenvalue weighted by Gasteiger charge is -2.21. The predicted molar refractivity (Wildman–Crippen MR) is 98.3 cm³/mol. The second-order valence-corrected chi connectivity index (χ2v) is 7.28. The van der Waals surface area contributed by atoms with E-state index >= 15 is 0 Å². The Bertz CT molecular complexity index is 842. The molecule has 1 aliphatic rings. The Hall–Kier alpha value is -2.53. The number of rotatable bonds is 7. The maximum Gasteiger partial charge on any atom is 0.231 e. The number of nitriles is 1. The molecule has 0 spiro atoms. The first-order valence-corrected chi connectivity index (χ1v) is 9.51. The van der Waals surface area contributed by atoms with Gasteiger partial charge in [-0.3, -0.25) is 9.36 Å². The van der Waals surface area contributed by atoms with Crippen molar-refractivity contribution >= 4 is 17.7 Å². The molecule has 0 saturated heterocycles. The third-order valence-corrected chi connectivity index (χ3v) is 5.48. The molecular weight excluding hydrogens is 350 g/mol. The molecule has 0 bridgehead atoms. The first kappa shape index (κ1) is 18.3. The van der Waals surface area contributed by atoms with Crippen molar-refractivity contribution in [1.82, 2.24) is 20.1 Å². The molecule has 1 aliphatic carbocycles. The minimum atomic E-state index is -0.703. The van der Waals surface area contributed by atoms with Gasteiger partial charge in [-0.15, -0.1) is 16.8 Å². The molecule has 0 radical (unpaired) electrons. The van der Waals surface area contributed by atoms with Gasteiger partial charge in [0.05, 0.1) is 23.6 Å². The van der Waals surface area contributed by atoms with Gasteiger partial charge in [-0.25, -0.2) is 0 Å². The van der Waals surface area contributed by atoms with E-state index in [-0.39, 0.29) is 11.7 Å². The monoisotopic (exact) mass is 371 g/mol. The van der Waals surface area contributed by atoms with Gasteiger partial charge in [0.1, 0.15) is 11.3 Å². The fourth-order valence-corrected chi connectivity index (χ4v) is 3.93.